The zero-order valence-corrected chi connectivity index (χ0v) is 9.86. The SMILES string of the molecule is COc1ccc2c(Cl)c(CC(=O)O)ccc2n1. The highest BCUT2D eigenvalue weighted by atomic mass is 35.5. The maximum absolute atomic E-state index is 10.7. The average Bonchev–Trinajstić information content (AvgIpc) is 2.32. The molecule has 4 nitrogen and oxygen atoms in total. The van der Waals surface area contributed by atoms with Gasteiger partial charge < -0.3 is 9.84 Å². The Hall–Kier alpha value is -1.81. The van der Waals surface area contributed by atoms with Crippen LogP contribution < -0.4 is 4.74 Å². The summed E-state index contributed by atoms with van der Waals surface area (Å²) >= 11 is 6.14. The summed E-state index contributed by atoms with van der Waals surface area (Å²) in [6.45, 7) is 0. The average molecular weight is 252 g/mol. The molecule has 0 atom stereocenters. The fourth-order valence-electron chi connectivity index (χ4n) is 1.61. The van der Waals surface area contributed by atoms with Crippen LogP contribution in [0.4, 0.5) is 0 Å². The quantitative estimate of drug-likeness (QED) is 0.911. The molecule has 2 aromatic rings. The van der Waals surface area contributed by atoms with E-state index in [1.807, 2.05) is 0 Å². The molecule has 5 heteroatoms. The smallest absolute Gasteiger partial charge is 0.307 e. The minimum absolute atomic E-state index is 0.0964. The lowest BCUT2D eigenvalue weighted by Crippen LogP contribution is -2.01. The molecule has 0 aliphatic rings. The molecule has 1 aromatic carbocycles. The highest BCUT2D eigenvalue weighted by molar-refractivity contribution is 6.36. The number of methoxy groups -OCH3 is 1. The monoisotopic (exact) mass is 251 g/mol. The number of aromatic nitrogens is 1. The third kappa shape index (κ3) is 2.31. The van der Waals surface area contributed by atoms with Crippen molar-refractivity contribution in [1.82, 2.24) is 4.98 Å². The lowest BCUT2D eigenvalue weighted by Gasteiger charge is -2.06. The Labute approximate surface area is 103 Å². The van der Waals surface area contributed by atoms with Crippen LogP contribution in [-0.2, 0) is 11.2 Å². The Bertz CT molecular complexity index is 583. The van der Waals surface area contributed by atoms with E-state index in [9.17, 15) is 4.79 Å². The number of carbonyl (C=O) groups is 1. The van der Waals surface area contributed by atoms with E-state index in [0.717, 1.165) is 5.39 Å². The summed E-state index contributed by atoms with van der Waals surface area (Å²) in [5.74, 6) is -0.410. The summed E-state index contributed by atoms with van der Waals surface area (Å²) in [5.41, 5.74) is 1.27. The number of hydrogen-bond donors (Lipinski definition) is 1. The van der Waals surface area contributed by atoms with Crippen LogP contribution in [-0.4, -0.2) is 23.2 Å². The van der Waals surface area contributed by atoms with Gasteiger partial charge in [0.2, 0.25) is 5.88 Å². The number of halogens is 1. The number of fused-ring (bicyclic) bond motifs is 1. The van der Waals surface area contributed by atoms with Crippen LogP contribution in [0.3, 0.4) is 0 Å². The molecule has 0 fully saturated rings. The molecule has 0 unspecified atom stereocenters. The Kier molecular flexibility index (Phi) is 3.15. The standard InChI is InChI=1S/C12H10ClNO3/c1-17-10-5-3-8-9(14-10)4-2-7(12(8)13)6-11(15)16/h2-5H,6H2,1H3,(H,15,16). The Morgan fingerprint density at radius 2 is 2.18 bits per heavy atom. The highest BCUT2D eigenvalue weighted by Gasteiger charge is 2.10. The molecule has 0 aliphatic carbocycles. The van der Waals surface area contributed by atoms with Gasteiger partial charge in [-0.15, -0.1) is 0 Å². The normalized spacial score (nSPS) is 10.5. The number of carboxylic acids is 1. The summed E-state index contributed by atoms with van der Waals surface area (Å²) in [7, 11) is 1.54. The van der Waals surface area contributed by atoms with E-state index in [0.29, 0.717) is 22.0 Å². The number of carboxylic acid groups (broad SMARTS) is 1. The maximum Gasteiger partial charge on any atom is 0.307 e. The fourth-order valence-corrected chi connectivity index (χ4v) is 1.90. The molecule has 0 aliphatic heterocycles. The number of pyridine rings is 1. The Morgan fingerprint density at radius 3 is 2.82 bits per heavy atom. The first-order chi connectivity index (χ1) is 8.11. The van der Waals surface area contributed by atoms with E-state index in [1.54, 1.807) is 24.3 Å². The number of benzene rings is 1. The van der Waals surface area contributed by atoms with Gasteiger partial charge in [0.25, 0.3) is 0 Å². The van der Waals surface area contributed by atoms with Crippen LogP contribution in [0, 0.1) is 0 Å². The van der Waals surface area contributed by atoms with Crippen molar-refractivity contribution in [2.75, 3.05) is 7.11 Å². The summed E-state index contributed by atoms with van der Waals surface area (Å²) < 4.78 is 5.01. The molecule has 1 heterocycles. The van der Waals surface area contributed by atoms with Crippen molar-refractivity contribution in [3.63, 3.8) is 0 Å². The zero-order chi connectivity index (χ0) is 12.4. The topological polar surface area (TPSA) is 59.4 Å². The Balaban J connectivity index is 2.56. The van der Waals surface area contributed by atoms with Crippen molar-refractivity contribution in [3.8, 4) is 5.88 Å². The number of ether oxygens (including phenoxy) is 1. The van der Waals surface area contributed by atoms with Gasteiger partial charge in [0, 0.05) is 11.5 Å². The van der Waals surface area contributed by atoms with Crippen molar-refractivity contribution in [2.45, 2.75) is 6.42 Å². The van der Waals surface area contributed by atoms with Crippen LogP contribution in [0.1, 0.15) is 5.56 Å². The molecular weight excluding hydrogens is 242 g/mol. The van der Waals surface area contributed by atoms with Crippen LogP contribution in [0.25, 0.3) is 10.9 Å². The van der Waals surface area contributed by atoms with Crippen LogP contribution >= 0.6 is 11.6 Å². The van der Waals surface area contributed by atoms with E-state index in [2.05, 4.69) is 4.98 Å². The largest absolute Gasteiger partial charge is 0.481 e. The fraction of sp³-hybridized carbons (Fsp3) is 0.167. The van der Waals surface area contributed by atoms with Crippen LogP contribution in [0.5, 0.6) is 5.88 Å². The van der Waals surface area contributed by atoms with E-state index in [4.69, 9.17) is 21.4 Å². The summed E-state index contributed by atoms with van der Waals surface area (Å²) in [5, 5.41) is 9.91. The van der Waals surface area contributed by atoms with Gasteiger partial charge in [-0.3, -0.25) is 4.79 Å². The van der Waals surface area contributed by atoms with Crippen LogP contribution in [0.15, 0.2) is 24.3 Å². The second kappa shape index (κ2) is 4.59. The molecule has 0 spiro atoms. The molecule has 0 bridgehead atoms. The molecule has 88 valence electrons. The highest BCUT2D eigenvalue weighted by Crippen LogP contribution is 2.28. The maximum atomic E-state index is 10.7. The van der Waals surface area contributed by atoms with E-state index in [-0.39, 0.29) is 6.42 Å². The molecule has 0 saturated carbocycles. The minimum atomic E-state index is -0.910. The number of aliphatic carboxylic acids is 1. The van der Waals surface area contributed by atoms with Crippen molar-refractivity contribution in [2.24, 2.45) is 0 Å². The molecule has 0 radical (unpaired) electrons. The van der Waals surface area contributed by atoms with Gasteiger partial charge in [-0.25, -0.2) is 4.98 Å². The van der Waals surface area contributed by atoms with E-state index >= 15 is 0 Å². The number of hydrogen-bond acceptors (Lipinski definition) is 3. The lowest BCUT2D eigenvalue weighted by atomic mass is 10.1. The predicted molar refractivity (Wildman–Crippen MR) is 64.6 cm³/mol. The molecule has 1 N–H and O–H groups in total. The van der Waals surface area contributed by atoms with E-state index in [1.165, 1.54) is 7.11 Å². The first kappa shape index (κ1) is 11.7. The molecule has 0 saturated heterocycles. The molecular formula is C12H10ClNO3. The second-order valence-corrected chi connectivity index (χ2v) is 3.91. The molecule has 17 heavy (non-hydrogen) atoms. The molecule has 1 aromatic heterocycles. The van der Waals surface area contributed by atoms with Crippen molar-refractivity contribution < 1.29 is 14.6 Å². The van der Waals surface area contributed by atoms with Crippen LogP contribution in [0.2, 0.25) is 5.02 Å². The summed E-state index contributed by atoms with van der Waals surface area (Å²) in [4.78, 5) is 14.9. The van der Waals surface area contributed by atoms with Crippen molar-refractivity contribution in [3.05, 3.63) is 34.9 Å². The van der Waals surface area contributed by atoms with Gasteiger partial charge in [0.15, 0.2) is 0 Å². The van der Waals surface area contributed by atoms with Gasteiger partial charge in [-0.2, -0.15) is 0 Å². The minimum Gasteiger partial charge on any atom is -0.481 e. The predicted octanol–water partition coefficient (Wildman–Crippen LogP) is 2.52. The first-order valence-corrected chi connectivity index (χ1v) is 5.33. The van der Waals surface area contributed by atoms with Gasteiger partial charge in [-0.1, -0.05) is 17.7 Å². The Morgan fingerprint density at radius 1 is 1.41 bits per heavy atom. The van der Waals surface area contributed by atoms with E-state index < -0.39 is 5.97 Å². The summed E-state index contributed by atoms with van der Waals surface area (Å²) in [6, 6.07) is 6.88. The van der Waals surface area contributed by atoms with Gasteiger partial charge in [0.05, 0.1) is 24.1 Å². The number of rotatable bonds is 3. The van der Waals surface area contributed by atoms with Crippen molar-refractivity contribution >= 4 is 28.5 Å². The lowest BCUT2D eigenvalue weighted by molar-refractivity contribution is -0.136. The summed E-state index contributed by atoms with van der Waals surface area (Å²) in [6.07, 6.45) is -0.0964. The second-order valence-electron chi connectivity index (χ2n) is 3.53. The first-order valence-electron chi connectivity index (χ1n) is 4.95. The molecule has 2 rings (SSSR count). The zero-order valence-electron chi connectivity index (χ0n) is 9.11. The third-order valence-corrected chi connectivity index (χ3v) is 2.86. The van der Waals surface area contributed by atoms with Crippen molar-refractivity contribution in [1.29, 1.82) is 0 Å². The van der Waals surface area contributed by atoms with Gasteiger partial charge in [0.1, 0.15) is 0 Å². The van der Waals surface area contributed by atoms with Gasteiger partial charge in [-0.05, 0) is 17.7 Å². The third-order valence-electron chi connectivity index (χ3n) is 2.41. The van der Waals surface area contributed by atoms with Gasteiger partial charge >= 0.3 is 5.97 Å². The number of nitrogens with zero attached hydrogens (tertiary/aromatic N) is 1. The molecule has 0 amide bonds.